The molecule has 0 aliphatic carbocycles. The number of aromatic nitrogens is 3. The smallest absolute Gasteiger partial charge is 0.125 e. The predicted octanol–water partition coefficient (Wildman–Crippen LogP) is 4.05. The number of thioether (sulfide) groups is 1. The van der Waals surface area contributed by atoms with Crippen LogP contribution in [0, 0.1) is 6.92 Å². The van der Waals surface area contributed by atoms with E-state index in [2.05, 4.69) is 63.6 Å². The minimum atomic E-state index is 0.902. The number of hydrogen-bond acceptors (Lipinski definition) is 4. The number of benzene rings is 1. The highest BCUT2D eigenvalue weighted by atomic mass is 32.2. The van der Waals surface area contributed by atoms with E-state index in [1.165, 1.54) is 11.1 Å². The van der Waals surface area contributed by atoms with Crippen LogP contribution in [0.1, 0.15) is 22.5 Å². The topological polar surface area (TPSA) is 53.6 Å². The zero-order valence-corrected chi connectivity index (χ0v) is 14.6. The summed E-state index contributed by atoms with van der Waals surface area (Å²) in [7, 11) is 0. The molecule has 0 saturated carbocycles. The van der Waals surface area contributed by atoms with Gasteiger partial charge in [0.15, 0.2) is 0 Å². The molecule has 0 bridgehead atoms. The fourth-order valence-corrected chi connectivity index (χ4v) is 3.29. The van der Waals surface area contributed by atoms with Crippen LogP contribution >= 0.6 is 11.8 Å². The second-order valence-corrected chi connectivity index (χ2v) is 6.77. The van der Waals surface area contributed by atoms with Gasteiger partial charge in [-0.1, -0.05) is 36.4 Å². The maximum absolute atomic E-state index is 4.50. The number of nitrogens with zero attached hydrogens (tertiary/aromatic N) is 2. The van der Waals surface area contributed by atoms with Crippen LogP contribution in [0.4, 0.5) is 5.82 Å². The molecule has 0 aliphatic heterocycles. The van der Waals surface area contributed by atoms with Crippen LogP contribution in [0.2, 0.25) is 0 Å². The summed E-state index contributed by atoms with van der Waals surface area (Å²) in [4.78, 5) is 11.9. The molecule has 0 saturated heterocycles. The molecule has 1 aromatic carbocycles. The first-order valence-electron chi connectivity index (χ1n) is 8.10. The van der Waals surface area contributed by atoms with Crippen LogP contribution in [0.15, 0.2) is 55.0 Å². The lowest BCUT2D eigenvalue weighted by atomic mass is 10.1. The van der Waals surface area contributed by atoms with Crippen LogP contribution in [-0.4, -0.2) is 27.2 Å². The molecule has 3 rings (SSSR count). The van der Waals surface area contributed by atoms with Crippen molar-refractivity contribution in [1.82, 2.24) is 15.0 Å². The van der Waals surface area contributed by atoms with Crippen LogP contribution in [-0.2, 0) is 12.2 Å². The normalized spacial score (nSPS) is 10.7. The standard InChI is InChI=1S/C19H22N4S/c1-15-18(23-14-22-15)13-24-10-9-20-19-8-7-17(12-21-19)11-16-5-3-2-4-6-16/h2-8,12,14H,9-11,13H2,1H3,(H,20,21)(H,22,23). The highest BCUT2D eigenvalue weighted by Crippen LogP contribution is 2.13. The minimum Gasteiger partial charge on any atom is -0.369 e. The Balaban J connectivity index is 1.39. The molecule has 0 fully saturated rings. The molecule has 0 spiro atoms. The Morgan fingerprint density at radius 2 is 1.92 bits per heavy atom. The van der Waals surface area contributed by atoms with Gasteiger partial charge < -0.3 is 10.3 Å². The number of pyridine rings is 1. The summed E-state index contributed by atoms with van der Waals surface area (Å²) in [6, 6.07) is 14.7. The molecule has 2 heterocycles. The van der Waals surface area contributed by atoms with Gasteiger partial charge >= 0.3 is 0 Å². The van der Waals surface area contributed by atoms with Crippen molar-refractivity contribution in [2.75, 3.05) is 17.6 Å². The summed E-state index contributed by atoms with van der Waals surface area (Å²) in [5.41, 5.74) is 4.84. The Bertz CT molecular complexity index is 738. The second-order valence-electron chi connectivity index (χ2n) is 5.67. The van der Waals surface area contributed by atoms with Crippen molar-refractivity contribution in [3.05, 3.63) is 77.5 Å². The fraction of sp³-hybridized carbons (Fsp3) is 0.263. The van der Waals surface area contributed by atoms with E-state index in [-0.39, 0.29) is 0 Å². The number of H-pyrrole nitrogens is 1. The van der Waals surface area contributed by atoms with E-state index >= 15 is 0 Å². The van der Waals surface area contributed by atoms with Crippen molar-refractivity contribution >= 4 is 17.6 Å². The molecular formula is C19H22N4S. The summed E-state index contributed by atoms with van der Waals surface area (Å²) < 4.78 is 0. The van der Waals surface area contributed by atoms with Gasteiger partial charge in [0.1, 0.15) is 5.82 Å². The number of rotatable bonds is 8. The van der Waals surface area contributed by atoms with Gasteiger partial charge in [-0.3, -0.25) is 0 Å². The minimum absolute atomic E-state index is 0.902. The lowest BCUT2D eigenvalue weighted by molar-refractivity contribution is 1.11. The lowest BCUT2D eigenvalue weighted by Gasteiger charge is -2.07. The third kappa shape index (κ3) is 4.86. The zero-order chi connectivity index (χ0) is 16.6. The predicted molar refractivity (Wildman–Crippen MR) is 101 cm³/mol. The molecule has 124 valence electrons. The third-order valence-electron chi connectivity index (χ3n) is 3.80. The quantitative estimate of drug-likeness (QED) is 0.609. The van der Waals surface area contributed by atoms with Gasteiger partial charge in [-0.05, 0) is 30.5 Å². The first kappa shape index (κ1) is 16.6. The van der Waals surface area contributed by atoms with Gasteiger partial charge in [0.05, 0.1) is 12.0 Å². The molecular weight excluding hydrogens is 316 g/mol. The van der Waals surface area contributed by atoms with Gasteiger partial charge in [-0.15, -0.1) is 0 Å². The van der Waals surface area contributed by atoms with Gasteiger partial charge in [-0.2, -0.15) is 11.8 Å². The van der Waals surface area contributed by atoms with Gasteiger partial charge in [0, 0.05) is 29.9 Å². The summed E-state index contributed by atoms with van der Waals surface area (Å²) in [5.74, 6) is 2.91. The van der Waals surface area contributed by atoms with Crippen LogP contribution < -0.4 is 5.32 Å². The monoisotopic (exact) mass is 338 g/mol. The average molecular weight is 338 g/mol. The molecule has 4 nitrogen and oxygen atoms in total. The number of nitrogens with one attached hydrogen (secondary N) is 2. The van der Waals surface area contributed by atoms with Crippen molar-refractivity contribution in [2.45, 2.75) is 19.1 Å². The Kier molecular flexibility index (Phi) is 5.90. The molecule has 24 heavy (non-hydrogen) atoms. The second kappa shape index (κ2) is 8.55. The summed E-state index contributed by atoms with van der Waals surface area (Å²) in [6.45, 7) is 2.96. The summed E-state index contributed by atoms with van der Waals surface area (Å²) in [5, 5.41) is 3.37. The van der Waals surface area contributed by atoms with E-state index in [9.17, 15) is 0 Å². The molecule has 0 atom stereocenters. The molecule has 5 heteroatoms. The van der Waals surface area contributed by atoms with Gasteiger partial charge in [-0.25, -0.2) is 9.97 Å². The fourth-order valence-electron chi connectivity index (χ4n) is 2.42. The SMILES string of the molecule is Cc1[nH]cnc1CSCCNc1ccc(Cc2ccccc2)cn1. The van der Waals surface area contributed by atoms with Crippen LogP contribution in [0.5, 0.6) is 0 Å². The molecule has 2 aromatic heterocycles. The van der Waals surface area contributed by atoms with Crippen LogP contribution in [0.3, 0.4) is 0 Å². The Labute approximate surface area is 147 Å². The van der Waals surface area contributed by atoms with Gasteiger partial charge in [0.25, 0.3) is 0 Å². The third-order valence-corrected chi connectivity index (χ3v) is 4.77. The highest BCUT2D eigenvalue weighted by Gasteiger charge is 2.01. The van der Waals surface area contributed by atoms with Crippen molar-refractivity contribution in [3.63, 3.8) is 0 Å². The number of aromatic amines is 1. The van der Waals surface area contributed by atoms with Crippen molar-refractivity contribution < 1.29 is 0 Å². The van der Waals surface area contributed by atoms with E-state index in [4.69, 9.17) is 0 Å². The summed E-state index contributed by atoms with van der Waals surface area (Å²) in [6.07, 6.45) is 4.63. The zero-order valence-electron chi connectivity index (χ0n) is 13.8. The number of imidazole rings is 1. The number of anilines is 1. The Hall–Kier alpha value is -2.27. The Morgan fingerprint density at radius 1 is 1.04 bits per heavy atom. The molecule has 0 aliphatic rings. The van der Waals surface area contributed by atoms with Crippen LogP contribution in [0.25, 0.3) is 0 Å². The van der Waals surface area contributed by atoms with E-state index in [0.717, 1.165) is 41.7 Å². The molecule has 0 amide bonds. The molecule has 2 N–H and O–H groups in total. The van der Waals surface area contributed by atoms with Crippen molar-refractivity contribution in [3.8, 4) is 0 Å². The first-order chi connectivity index (χ1) is 11.8. The molecule has 0 radical (unpaired) electrons. The van der Waals surface area contributed by atoms with Gasteiger partial charge in [0.2, 0.25) is 0 Å². The average Bonchev–Trinajstić information content (AvgIpc) is 3.02. The highest BCUT2D eigenvalue weighted by molar-refractivity contribution is 7.98. The first-order valence-corrected chi connectivity index (χ1v) is 9.26. The van der Waals surface area contributed by atoms with E-state index < -0.39 is 0 Å². The summed E-state index contributed by atoms with van der Waals surface area (Å²) >= 11 is 1.88. The largest absolute Gasteiger partial charge is 0.369 e. The molecule has 3 aromatic rings. The number of aryl methyl sites for hydroxylation is 1. The molecule has 0 unspecified atom stereocenters. The van der Waals surface area contributed by atoms with Crippen molar-refractivity contribution in [2.24, 2.45) is 0 Å². The van der Waals surface area contributed by atoms with E-state index in [1.54, 1.807) is 6.33 Å². The maximum Gasteiger partial charge on any atom is 0.125 e. The van der Waals surface area contributed by atoms with Crippen molar-refractivity contribution in [1.29, 1.82) is 0 Å². The Morgan fingerprint density at radius 3 is 2.62 bits per heavy atom. The van der Waals surface area contributed by atoms with E-state index in [0.29, 0.717) is 0 Å². The number of hydrogen-bond donors (Lipinski definition) is 2. The lowest BCUT2D eigenvalue weighted by Crippen LogP contribution is -2.06. The van der Waals surface area contributed by atoms with E-state index in [1.807, 2.05) is 24.0 Å². The maximum atomic E-state index is 4.50.